The first-order valence-electron chi connectivity index (χ1n) is 9.07. The number of ether oxygens (including phenoxy) is 2. The highest BCUT2D eigenvalue weighted by Crippen LogP contribution is 2.26. The third kappa shape index (κ3) is 5.42. The Labute approximate surface area is 173 Å². The van der Waals surface area contributed by atoms with Crippen molar-refractivity contribution in [2.24, 2.45) is 0 Å². The molecule has 0 aliphatic carbocycles. The molecule has 3 rings (SSSR count). The molecule has 0 aliphatic rings. The number of anilines is 1. The highest BCUT2D eigenvalue weighted by Gasteiger charge is 2.13. The number of hydrogen-bond acceptors (Lipinski definition) is 6. The van der Waals surface area contributed by atoms with Gasteiger partial charge >= 0.3 is 5.97 Å². The molecule has 1 aromatic heterocycles. The van der Waals surface area contributed by atoms with E-state index < -0.39 is 5.97 Å². The van der Waals surface area contributed by atoms with Crippen LogP contribution in [-0.2, 0) is 20.7 Å². The van der Waals surface area contributed by atoms with Gasteiger partial charge in [0.15, 0.2) is 6.61 Å². The lowest BCUT2D eigenvalue weighted by Gasteiger charge is -2.11. The Kier molecular flexibility index (Phi) is 6.61. The molecule has 0 fully saturated rings. The molecule has 2 aromatic carbocycles. The third-order valence-electron chi connectivity index (χ3n) is 4.32. The van der Waals surface area contributed by atoms with Gasteiger partial charge in [0, 0.05) is 16.6 Å². The number of thiazole rings is 1. The zero-order valence-electron chi connectivity index (χ0n) is 16.5. The maximum absolute atomic E-state index is 12.1. The van der Waals surface area contributed by atoms with Gasteiger partial charge in [0.1, 0.15) is 10.8 Å². The smallest absolute Gasteiger partial charge is 0.312 e. The van der Waals surface area contributed by atoms with E-state index in [1.165, 1.54) is 11.3 Å². The van der Waals surface area contributed by atoms with E-state index in [0.717, 1.165) is 33.1 Å². The van der Waals surface area contributed by atoms with Crippen molar-refractivity contribution in [2.75, 3.05) is 19.0 Å². The van der Waals surface area contributed by atoms with Crippen molar-refractivity contribution < 1.29 is 19.1 Å². The van der Waals surface area contributed by atoms with Crippen LogP contribution in [0.15, 0.2) is 47.8 Å². The van der Waals surface area contributed by atoms with Crippen molar-refractivity contribution in [3.8, 4) is 16.3 Å². The lowest BCUT2D eigenvalue weighted by atomic mass is 10.1. The summed E-state index contributed by atoms with van der Waals surface area (Å²) in [7, 11) is 1.62. The van der Waals surface area contributed by atoms with Gasteiger partial charge in [0.2, 0.25) is 0 Å². The second kappa shape index (κ2) is 9.34. The number of rotatable bonds is 7. The van der Waals surface area contributed by atoms with Crippen LogP contribution >= 0.6 is 11.3 Å². The van der Waals surface area contributed by atoms with Gasteiger partial charge in [0.25, 0.3) is 5.91 Å². The standard InChI is InChI=1S/C22H22N2O4S/c1-14-5-4-6-15(2)21(14)24-19(25)12-28-20(26)11-17-13-29-22(23-17)16-7-9-18(27-3)10-8-16/h4-10,13H,11-12H2,1-3H3,(H,24,25). The fraction of sp³-hybridized carbons (Fsp3) is 0.227. The van der Waals surface area contributed by atoms with E-state index in [-0.39, 0.29) is 18.9 Å². The SMILES string of the molecule is COc1ccc(-c2nc(CC(=O)OCC(=O)Nc3c(C)cccc3C)cs2)cc1. The third-order valence-corrected chi connectivity index (χ3v) is 5.26. The Hall–Kier alpha value is -3.19. The predicted molar refractivity (Wildman–Crippen MR) is 113 cm³/mol. The summed E-state index contributed by atoms with van der Waals surface area (Å²) in [5.41, 5.74) is 4.22. The minimum absolute atomic E-state index is 0.0172. The lowest BCUT2D eigenvalue weighted by Crippen LogP contribution is -2.22. The summed E-state index contributed by atoms with van der Waals surface area (Å²) in [5, 5.41) is 5.42. The van der Waals surface area contributed by atoms with E-state index in [4.69, 9.17) is 9.47 Å². The summed E-state index contributed by atoms with van der Waals surface area (Å²) in [6.07, 6.45) is 0.0172. The number of aromatic nitrogens is 1. The molecule has 0 atom stereocenters. The van der Waals surface area contributed by atoms with Gasteiger partial charge in [-0.1, -0.05) is 18.2 Å². The molecule has 6 nitrogen and oxygen atoms in total. The van der Waals surface area contributed by atoms with Gasteiger partial charge in [-0.25, -0.2) is 4.98 Å². The molecule has 0 radical (unpaired) electrons. The molecule has 0 unspecified atom stereocenters. The molecule has 0 bridgehead atoms. The van der Waals surface area contributed by atoms with E-state index in [2.05, 4.69) is 10.3 Å². The Bertz CT molecular complexity index is 992. The molecule has 7 heteroatoms. The average molecular weight is 410 g/mol. The number of aryl methyl sites for hydroxylation is 2. The predicted octanol–water partition coefficient (Wildman–Crippen LogP) is 4.16. The van der Waals surface area contributed by atoms with Crippen molar-refractivity contribution in [3.63, 3.8) is 0 Å². The van der Waals surface area contributed by atoms with Crippen LogP contribution in [0.4, 0.5) is 5.69 Å². The van der Waals surface area contributed by atoms with Crippen molar-refractivity contribution in [1.82, 2.24) is 4.98 Å². The quantitative estimate of drug-likeness (QED) is 0.592. The molecule has 150 valence electrons. The average Bonchev–Trinajstić information content (AvgIpc) is 3.18. The molecule has 3 aromatic rings. The number of benzene rings is 2. The Morgan fingerprint density at radius 1 is 1.07 bits per heavy atom. The van der Waals surface area contributed by atoms with Gasteiger partial charge in [-0.2, -0.15) is 0 Å². The number of carbonyl (C=O) groups excluding carboxylic acids is 2. The summed E-state index contributed by atoms with van der Waals surface area (Å²) in [6, 6.07) is 13.3. The molecular weight excluding hydrogens is 388 g/mol. The minimum Gasteiger partial charge on any atom is -0.497 e. The zero-order chi connectivity index (χ0) is 20.8. The first-order chi connectivity index (χ1) is 14.0. The largest absolute Gasteiger partial charge is 0.497 e. The first kappa shape index (κ1) is 20.5. The first-order valence-corrected chi connectivity index (χ1v) is 9.94. The highest BCUT2D eigenvalue weighted by molar-refractivity contribution is 7.13. The van der Waals surface area contributed by atoms with Crippen LogP contribution in [-0.4, -0.2) is 30.6 Å². The highest BCUT2D eigenvalue weighted by atomic mass is 32.1. The summed E-state index contributed by atoms with van der Waals surface area (Å²) in [4.78, 5) is 28.7. The van der Waals surface area contributed by atoms with E-state index in [1.807, 2.05) is 61.7 Å². The Morgan fingerprint density at radius 3 is 2.41 bits per heavy atom. The fourth-order valence-electron chi connectivity index (χ4n) is 2.79. The molecule has 0 aliphatic heterocycles. The second-order valence-corrected chi connectivity index (χ2v) is 7.38. The van der Waals surface area contributed by atoms with Crippen LogP contribution in [0, 0.1) is 13.8 Å². The minimum atomic E-state index is -0.492. The van der Waals surface area contributed by atoms with Crippen LogP contribution in [0.3, 0.4) is 0 Å². The van der Waals surface area contributed by atoms with Crippen molar-refractivity contribution >= 4 is 28.9 Å². The molecule has 0 saturated heterocycles. The van der Waals surface area contributed by atoms with Crippen LogP contribution in [0.5, 0.6) is 5.75 Å². The lowest BCUT2D eigenvalue weighted by molar-refractivity contribution is -0.146. The number of nitrogens with zero attached hydrogens (tertiary/aromatic N) is 1. The normalized spacial score (nSPS) is 10.4. The van der Waals surface area contributed by atoms with Crippen molar-refractivity contribution in [2.45, 2.75) is 20.3 Å². The van der Waals surface area contributed by atoms with Crippen LogP contribution in [0.1, 0.15) is 16.8 Å². The number of carbonyl (C=O) groups is 2. The zero-order valence-corrected chi connectivity index (χ0v) is 17.3. The molecule has 1 heterocycles. The van der Waals surface area contributed by atoms with Crippen LogP contribution in [0.25, 0.3) is 10.6 Å². The van der Waals surface area contributed by atoms with Gasteiger partial charge in [-0.15, -0.1) is 11.3 Å². The van der Waals surface area contributed by atoms with Gasteiger partial charge in [0.05, 0.1) is 19.2 Å². The second-order valence-electron chi connectivity index (χ2n) is 6.52. The maximum atomic E-state index is 12.1. The van der Waals surface area contributed by atoms with Crippen LogP contribution in [0.2, 0.25) is 0 Å². The number of nitrogens with one attached hydrogen (secondary N) is 1. The molecule has 29 heavy (non-hydrogen) atoms. The van der Waals surface area contributed by atoms with Gasteiger partial charge < -0.3 is 14.8 Å². The Morgan fingerprint density at radius 2 is 1.76 bits per heavy atom. The van der Waals surface area contributed by atoms with Crippen LogP contribution < -0.4 is 10.1 Å². The maximum Gasteiger partial charge on any atom is 0.312 e. The summed E-state index contributed by atoms with van der Waals surface area (Å²) in [5.74, 6) is -0.0885. The number of amides is 1. The van der Waals surface area contributed by atoms with Crippen molar-refractivity contribution in [1.29, 1.82) is 0 Å². The number of esters is 1. The molecular formula is C22H22N2O4S. The fourth-order valence-corrected chi connectivity index (χ4v) is 3.61. The van der Waals surface area contributed by atoms with Crippen molar-refractivity contribution in [3.05, 3.63) is 64.7 Å². The summed E-state index contributed by atoms with van der Waals surface area (Å²) >= 11 is 1.45. The number of para-hydroxylation sites is 1. The molecule has 0 saturated carbocycles. The Balaban J connectivity index is 1.52. The van der Waals surface area contributed by atoms with E-state index in [9.17, 15) is 9.59 Å². The number of methoxy groups -OCH3 is 1. The molecule has 1 amide bonds. The van der Waals surface area contributed by atoms with E-state index in [1.54, 1.807) is 7.11 Å². The molecule has 1 N–H and O–H groups in total. The van der Waals surface area contributed by atoms with Gasteiger partial charge in [-0.05, 0) is 49.2 Å². The van der Waals surface area contributed by atoms with E-state index >= 15 is 0 Å². The summed E-state index contributed by atoms with van der Waals surface area (Å²) < 4.78 is 10.3. The van der Waals surface area contributed by atoms with E-state index in [0.29, 0.717) is 5.69 Å². The van der Waals surface area contributed by atoms with Gasteiger partial charge in [-0.3, -0.25) is 9.59 Å². The number of hydrogen-bond donors (Lipinski definition) is 1. The topological polar surface area (TPSA) is 77.5 Å². The monoisotopic (exact) mass is 410 g/mol. The summed E-state index contributed by atoms with van der Waals surface area (Å²) in [6.45, 7) is 3.50. The molecule has 0 spiro atoms.